The van der Waals surface area contributed by atoms with Gasteiger partial charge in [-0.25, -0.2) is 13.4 Å². The van der Waals surface area contributed by atoms with Gasteiger partial charge in [0.05, 0.1) is 36.3 Å². The van der Waals surface area contributed by atoms with Gasteiger partial charge < -0.3 is 19.9 Å². The zero-order chi connectivity index (χ0) is 23.5. The molecular weight excluding hydrogens is 442 g/mol. The predicted molar refractivity (Wildman–Crippen MR) is 127 cm³/mol. The molecule has 1 aliphatic heterocycles. The van der Waals surface area contributed by atoms with E-state index in [2.05, 4.69) is 10.3 Å². The molecule has 0 amide bonds. The normalized spacial score (nSPS) is 18.1. The zero-order valence-corrected chi connectivity index (χ0v) is 19.6. The number of sulfonamides is 1. The molecule has 1 aromatic heterocycles. The lowest BCUT2D eigenvalue weighted by Gasteiger charge is -2.27. The first-order valence-corrected chi connectivity index (χ1v) is 12.3. The number of hydrogen-bond acceptors (Lipinski definition) is 7. The van der Waals surface area contributed by atoms with Crippen molar-refractivity contribution in [1.29, 1.82) is 0 Å². The van der Waals surface area contributed by atoms with Gasteiger partial charge in [0.2, 0.25) is 10.0 Å². The molecule has 1 unspecified atom stereocenters. The summed E-state index contributed by atoms with van der Waals surface area (Å²) >= 11 is 0. The van der Waals surface area contributed by atoms with Gasteiger partial charge in [0, 0.05) is 18.5 Å². The molecule has 2 aromatic carbocycles. The lowest BCUT2D eigenvalue weighted by Crippen LogP contribution is -2.37. The molecule has 0 bridgehead atoms. The quantitative estimate of drug-likeness (QED) is 0.546. The van der Waals surface area contributed by atoms with Gasteiger partial charge in [-0.05, 0) is 56.3 Å². The van der Waals surface area contributed by atoms with E-state index >= 15 is 0 Å². The van der Waals surface area contributed by atoms with Crippen LogP contribution in [0.4, 0.5) is 5.82 Å². The van der Waals surface area contributed by atoms with Crippen molar-refractivity contribution in [3.63, 3.8) is 0 Å². The van der Waals surface area contributed by atoms with Crippen molar-refractivity contribution in [3.05, 3.63) is 60.7 Å². The van der Waals surface area contributed by atoms with Gasteiger partial charge in [0.1, 0.15) is 17.2 Å². The minimum Gasteiger partial charge on any atom is -0.486 e. The Morgan fingerprint density at radius 2 is 1.97 bits per heavy atom. The minimum absolute atomic E-state index is 0.0162. The van der Waals surface area contributed by atoms with Crippen LogP contribution >= 0.6 is 0 Å². The number of aromatic nitrogens is 1. The van der Waals surface area contributed by atoms with Crippen LogP contribution in [0.1, 0.15) is 13.8 Å². The maximum atomic E-state index is 13.1. The van der Waals surface area contributed by atoms with Gasteiger partial charge in [-0.2, -0.15) is 4.31 Å². The second kappa shape index (κ2) is 9.64. The molecule has 1 atom stereocenters. The van der Waals surface area contributed by atoms with Crippen molar-refractivity contribution in [2.75, 3.05) is 38.2 Å². The van der Waals surface area contributed by atoms with E-state index in [1.807, 2.05) is 56.3 Å². The molecule has 4 rings (SSSR count). The number of aliphatic hydroxyl groups excluding tert-OH is 1. The third-order valence-electron chi connectivity index (χ3n) is 5.34. The Labute approximate surface area is 194 Å². The van der Waals surface area contributed by atoms with Crippen LogP contribution in [0.2, 0.25) is 0 Å². The number of nitrogens with zero attached hydrogens (tertiary/aromatic N) is 2. The fourth-order valence-corrected chi connectivity index (χ4v) is 5.14. The largest absolute Gasteiger partial charge is 0.486 e. The molecule has 1 saturated heterocycles. The maximum absolute atomic E-state index is 13.1. The number of nitrogens with one attached hydrogen (secondary N) is 1. The number of pyridine rings is 1. The van der Waals surface area contributed by atoms with Crippen molar-refractivity contribution in [3.8, 4) is 5.75 Å². The average molecular weight is 472 g/mol. The Morgan fingerprint density at radius 1 is 1.18 bits per heavy atom. The summed E-state index contributed by atoms with van der Waals surface area (Å²) in [5.41, 5.74) is 0.220. The van der Waals surface area contributed by atoms with Crippen LogP contribution in [-0.4, -0.2) is 67.4 Å². The summed E-state index contributed by atoms with van der Waals surface area (Å²) in [6.07, 6.45) is -0.840. The number of ether oxygens (including phenoxy) is 2. The predicted octanol–water partition coefficient (Wildman–Crippen LogP) is 2.89. The highest BCUT2D eigenvalue weighted by Gasteiger charge is 2.28. The van der Waals surface area contributed by atoms with Crippen LogP contribution in [0.15, 0.2) is 65.6 Å². The zero-order valence-electron chi connectivity index (χ0n) is 18.8. The van der Waals surface area contributed by atoms with Crippen molar-refractivity contribution >= 4 is 26.7 Å². The molecule has 0 aliphatic carbocycles. The van der Waals surface area contributed by atoms with E-state index in [1.54, 1.807) is 18.2 Å². The van der Waals surface area contributed by atoms with Crippen LogP contribution in [0, 0.1) is 0 Å². The van der Waals surface area contributed by atoms with E-state index in [1.165, 1.54) is 4.31 Å². The summed E-state index contributed by atoms with van der Waals surface area (Å²) in [4.78, 5) is 4.78. The lowest BCUT2D eigenvalue weighted by atomic mass is 10.1. The van der Waals surface area contributed by atoms with Crippen LogP contribution < -0.4 is 10.1 Å². The summed E-state index contributed by atoms with van der Waals surface area (Å²) in [5, 5.41) is 13.9. The van der Waals surface area contributed by atoms with Gasteiger partial charge in [0.25, 0.3) is 0 Å². The molecule has 33 heavy (non-hydrogen) atoms. The molecule has 0 radical (unpaired) electrons. The number of β-amino-alcohol motifs (C(OH)–C–C–N with tert-alkyl or cyclic N) is 1. The summed E-state index contributed by atoms with van der Waals surface area (Å²) in [7, 11) is -3.75. The van der Waals surface area contributed by atoms with Crippen LogP contribution in [-0.2, 0) is 14.8 Å². The summed E-state index contributed by atoms with van der Waals surface area (Å²) in [6.45, 7) is 5.14. The van der Waals surface area contributed by atoms with Crippen molar-refractivity contribution in [2.45, 2.75) is 30.4 Å². The van der Waals surface area contributed by atoms with Gasteiger partial charge in [-0.1, -0.05) is 18.2 Å². The highest BCUT2D eigenvalue weighted by Crippen LogP contribution is 2.24. The van der Waals surface area contributed by atoms with Crippen molar-refractivity contribution in [1.82, 2.24) is 9.29 Å². The van der Waals surface area contributed by atoms with E-state index in [0.717, 1.165) is 5.75 Å². The summed E-state index contributed by atoms with van der Waals surface area (Å²) < 4.78 is 38.7. The SMILES string of the molecule is CC(C)(CNc1ccc2cc(S(=O)(=O)N3CCOCC(O)C3)ccc2n1)Oc1ccccc1. The Balaban J connectivity index is 1.47. The van der Waals surface area contributed by atoms with Crippen molar-refractivity contribution < 1.29 is 23.0 Å². The number of benzene rings is 2. The van der Waals surface area contributed by atoms with Gasteiger partial charge in [-0.3, -0.25) is 0 Å². The Kier molecular flexibility index (Phi) is 6.85. The second-order valence-corrected chi connectivity index (χ2v) is 10.6. The fourth-order valence-electron chi connectivity index (χ4n) is 3.64. The monoisotopic (exact) mass is 471 g/mol. The number of rotatable bonds is 7. The van der Waals surface area contributed by atoms with Crippen LogP contribution in [0.25, 0.3) is 10.9 Å². The van der Waals surface area contributed by atoms with Gasteiger partial charge in [0.15, 0.2) is 0 Å². The standard InChI is InChI=1S/C24H29N3O5S/c1-24(2,32-20-6-4-3-5-7-20)17-25-23-11-8-18-14-21(9-10-22(18)26-23)33(29,30)27-12-13-31-16-19(28)15-27/h3-11,14,19,28H,12-13,15-17H2,1-2H3,(H,25,26). The third kappa shape index (κ3) is 5.80. The van der Waals surface area contributed by atoms with E-state index in [0.29, 0.717) is 23.3 Å². The first-order chi connectivity index (χ1) is 15.7. The highest BCUT2D eigenvalue weighted by molar-refractivity contribution is 7.89. The Bertz CT molecular complexity index is 1200. The lowest BCUT2D eigenvalue weighted by molar-refractivity contribution is 0.0583. The maximum Gasteiger partial charge on any atom is 0.243 e. The molecule has 0 spiro atoms. The smallest absolute Gasteiger partial charge is 0.243 e. The van der Waals surface area contributed by atoms with E-state index in [9.17, 15) is 13.5 Å². The Morgan fingerprint density at radius 3 is 2.76 bits per heavy atom. The fraction of sp³-hybridized carbons (Fsp3) is 0.375. The van der Waals surface area contributed by atoms with Crippen LogP contribution in [0.3, 0.4) is 0 Å². The van der Waals surface area contributed by atoms with Gasteiger partial charge >= 0.3 is 0 Å². The summed E-state index contributed by atoms with van der Waals surface area (Å²) in [5.74, 6) is 1.48. The van der Waals surface area contributed by atoms with E-state index in [4.69, 9.17) is 9.47 Å². The first-order valence-electron chi connectivity index (χ1n) is 10.9. The molecule has 1 fully saturated rings. The molecule has 2 N–H and O–H groups in total. The molecule has 2 heterocycles. The number of aliphatic hydroxyl groups is 1. The van der Waals surface area contributed by atoms with E-state index in [-0.39, 0.29) is 31.2 Å². The second-order valence-electron chi connectivity index (χ2n) is 8.67. The topological polar surface area (TPSA) is 101 Å². The average Bonchev–Trinajstić information content (AvgIpc) is 3.02. The number of hydrogen-bond donors (Lipinski definition) is 2. The number of fused-ring (bicyclic) bond motifs is 1. The third-order valence-corrected chi connectivity index (χ3v) is 7.20. The molecule has 176 valence electrons. The molecule has 0 saturated carbocycles. The van der Waals surface area contributed by atoms with Crippen LogP contribution in [0.5, 0.6) is 5.75 Å². The molecule has 9 heteroatoms. The molecule has 3 aromatic rings. The Hall–Kier alpha value is -2.72. The molecule has 8 nitrogen and oxygen atoms in total. The summed E-state index contributed by atoms with van der Waals surface area (Å²) in [6, 6.07) is 18.2. The first kappa shape index (κ1) is 23.4. The van der Waals surface area contributed by atoms with E-state index < -0.39 is 21.7 Å². The molecule has 1 aliphatic rings. The highest BCUT2D eigenvalue weighted by atomic mass is 32.2. The number of para-hydroxylation sites is 1. The number of anilines is 1. The minimum atomic E-state index is -3.75. The molecular formula is C24H29N3O5S. The van der Waals surface area contributed by atoms with Crippen molar-refractivity contribution in [2.24, 2.45) is 0 Å². The van der Waals surface area contributed by atoms with Gasteiger partial charge in [-0.15, -0.1) is 0 Å².